The van der Waals surface area contributed by atoms with E-state index in [1.165, 1.54) is 6.07 Å². The molecular formula is C26H24FN5O2. The van der Waals surface area contributed by atoms with Crippen LogP contribution in [0.3, 0.4) is 0 Å². The Labute approximate surface area is 196 Å². The van der Waals surface area contributed by atoms with Crippen molar-refractivity contribution in [3.8, 4) is 17.0 Å². The Morgan fingerprint density at radius 2 is 2.12 bits per heavy atom. The van der Waals surface area contributed by atoms with Crippen LogP contribution in [0.5, 0.6) is 5.75 Å². The van der Waals surface area contributed by atoms with Crippen LogP contribution >= 0.6 is 0 Å². The number of carbonyl (C=O) groups excluding carboxylic acids is 1. The summed E-state index contributed by atoms with van der Waals surface area (Å²) in [5.74, 6) is -0.0522. The van der Waals surface area contributed by atoms with Gasteiger partial charge in [0.25, 0.3) is 5.91 Å². The molecule has 5 rings (SSSR count). The van der Waals surface area contributed by atoms with E-state index in [1.807, 2.05) is 44.3 Å². The maximum atomic E-state index is 14.6. The first-order valence-corrected chi connectivity index (χ1v) is 11.1. The summed E-state index contributed by atoms with van der Waals surface area (Å²) in [6.45, 7) is 4.57. The van der Waals surface area contributed by atoms with Crippen molar-refractivity contribution in [3.05, 3.63) is 95.0 Å². The van der Waals surface area contributed by atoms with Crippen molar-refractivity contribution in [1.82, 2.24) is 25.1 Å². The number of carbonyl (C=O) groups is 1. The lowest BCUT2D eigenvalue weighted by atomic mass is 10.0. The molecule has 1 N–H and O–H groups in total. The van der Waals surface area contributed by atoms with E-state index in [1.54, 1.807) is 29.2 Å². The van der Waals surface area contributed by atoms with Crippen LogP contribution in [0, 0.1) is 19.7 Å². The second-order valence-electron chi connectivity index (χ2n) is 8.41. The number of aryl methyl sites for hydroxylation is 2. The van der Waals surface area contributed by atoms with E-state index in [4.69, 9.17) is 4.74 Å². The maximum Gasteiger partial charge on any atom is 0.251 e. The Kier molecular flexibility index (Phi) is 5.79. The van der Waals surface area contributed by atoms with Crippen molar-refractivity contribution in [3.63, 3.8) is 0 Å². The summed E-state index contributed by atoms with van der Waals surface area (Å²) in [5.41, 5.74) is 4.94. The average molecular weight is 458 g/mol. The summed E-state index contributed by atoms with van der Waals surface area (Å²) in [6.07, 6.45) is 5.29. The van der Waals surface area contributed by atoms with Crippen LogP contribution in [0.2, 0.25) is 0 Å². The molecule has 0 fully saturated rings. The van der Waals surface area contributed by atoms with Gasteiger partial charge in [0.1, 0.15) is 17.7 Å². The molecule has 2 aromatic carbocycles. The summed E-state index contributed by atoms with van der Waals surface area (Å²) in [7, 11) is 0. The molecule has 172 valence electrons. The summed E-state index contributed by atoms with van der Waals surface area (Å²) >= 11 is 0. The standard InChI is InChI=1S/C26H24FN5O2/c1-16-13-28-17(2)24(31-16)21-7-8-23(27)22-12-20(34-25(21)22)14-29-26(33)19-6-3-5-18(11-19)15-32-10-4-9-30-32/h3-11,13,20H,12,14-15H2,1-2H3,(H,29,33). The van der Waals surface area contributed by atoms with Gasteiger partial charge in [0.05, 0.1) is 30.2 Å². The Balaban J connectivity index is 1.29. The first kappa shape index (κ1) is 21.8. The van der Waals surface area contributed by atoms with Crippen molar-refractivity contribution in [2.75, 3.05) is 6.54 Å². The Bertz CT molecular complexity index is 1350. The lowest BCUT2D eigenvalue weighted by Crippen LogP contribution is -2.34. The summed E-state index contributed by atoms with van der Waals surface area (Å²) < 4.78 is 22.5. The number of rotatable bonds is 6. The monoisotopic (exact) mass is 457 g/mol. The Morgan fingerprint density at radius 3 is 2.94 bits per heavy atom. The third-order valence-electron chi connectivity index (χ3n) is 5.83. The highest BCUT2D eigenvalue weighted by atomic mass is 19.1. The van der Waals surface area contributed by atoms with Gasteiger partial charge in [-0.2, -0.15) is 5.10 Å². The fraction of sp³-hybridized carbons (Fsp3) is 0.231. The third-order valence-corrected chi connectivity index (χ3v) is 5.83. The molecular weight excluding hydrogens is 433 g/mol. The fourth-order valence-electron chi connectivity index (χ4n) is 4.16. The van der Waals surface area contributed by atoms with Crippen LogP contribution < -0.4 is 10.1 Å². The molecule has 0 spiro atoms. The molecule has 1 atom stereocenters. The van der Waals surface area contributed by atoms with Gasteiger partial charge in [0.2, 0.25) is 0 Å². The quantitative estimate of drug-likeness (QED) is 0.475. The Hall–Kier alpha value is -4.07. The molecule has 0 aliphatic carbocycles. The highest BCUT2D eigenvalue weighted by Gasteiger charge is 2.30. The SMILES string of the molecule is Cc1cnc(C)c(-c2ccc(F)c3c2OC(CNC(=O)c2cccc(Cn4cccn4)c2)C3)n1. The number of hydrogen-bond acceptors (Lipinski definition) is 5. The maximum absolute atomic E-state index is 14.6. The number of ether oxygens (including phenoxy) is 1. The zero-order chi connectivity index (χ0) is 23.7. The lowest BCUT2D eigenvalue weighted by Gasteiger charge is -2.14. The van der Waals surface area contributed by atoms with Crippen LogP contribution in [0.15, 0.2) is 61.1 Å². The van der Waals surface area contributed by atoms with E-state index < -0.39 is 0 Å². The molecule has 0 saturated heterocycles. The molecule has 1 amide bonds. The molecule has 1 aliphatic rings. The normalized spacial score (nSPS) is 14.5. The smallest absolute Gasteiger partial charge is 0.251 e. The van der Waals surface area contributed by atoms with E-state index >= 15 is 0 Å². The average Bonchev–Trinajstić information content (AvgIpc) is 3.50. The van der Waals surface area contributed by atoms with E-state index in [0.29, 0.717) is 41.1 Å². The third kappa shape index (κ3) is 4.39. The summed E-state index contributed by atoms with van der Waals surface area (Å²) in [6, 6.07) is 12.4. The van der Waals surface area contributed by atoms with Gasteiger partial charge >= 0.3 is 0 Å². The van der Waals surface area contributed by atoms with Crippen molar-refractivity contribution >= 4 is 5.91 Å². The topological polar surface area (TPSA) is 81.9 Å². The van der Waals surface area contributed by atoms with Crippen LogP contribution in [-0.2, 0) is 13.0 Å². The number of fused-ring (bicyclic) bond motifs is 1. The van der Waals surface area contributed by atoms with Crippen molar-refractivity contribution in [2.24, 2.45) is 0 Å². The van der Waals surface area contributed by atoms with Crippen molar-refractivity contribution in [1.29, 1.82) is 0 Å². The van der Waals surface area contributed by atoms with Crippen LogP contribution in [0.4, 0.5) is 4.39 Å². The van der Waals surface area contributed by atoms with Gasteiger partial charge in [-0.25, -0.2) is 9.37 Å². The predicted octanol–water partition coefficient (Wildman–Crippen LogP) is 3.88. The molecule has 0 bridgehead atoms. The molecule has 3 heterocycles. The number of amides is 1. The highest BCUT2D eigenvalue weighted by molar-refractivity contribution is 5.94. The number of aromatic nitrogens is 4. The number of nitrogens with zero attached hydrogens (tertiary/aromatic N) is 4. The summed E-state index contributed by atoms with van der Waals surface area (Å²) in [4.78, 5) is 21.7. The van der Waals surface area contributed by atoms with Gasteiger partial charge in [0, 0.05) is 41.7 Å². The van der Waals surface area contributed by atoms with Crippen LogP contribution in [0.25, 0.3) is 11.3 Å². The molecule has 7 nitrogen and oxygen atoms in total. The molecule has 1 unspecified atom stereocenters. The van der Waals surface area contributed by atoms with E-state index in [-0.39, 0.29) is 24.4 Å². The van der Waals surface area contributed by atoms with Gasteiger partial charge in [-0.3, -0.25) is 14.5 Å². The zero-order valence-electron chi connectivity index (χ0n) is 19.0. The second kappa shape index (κ2) is 9.05. The molecule has 8 heteroatoms. The van der Waals surface area contributed by atoms with E-state index in [0.717, 1.165) is 17.0 Å². The second-order valence-corrected chi connectivity index (χ2v) is 8.41. The first-order valence-electron chi connectivity index (χ1n) is 11.1. The van der Waals surface area contributed by atoms with Gasteiger partial charge in [-0.15, -0.1) is 0 Å². The molecule has 0 radical (unpaired) electrons. The minimum atomic E-state index is -0.375. The molecule has 0 saturated carbocycles. The van der Waals surface area contributed by atoms with E-state index in [9.17, 15) is 9.18 Å². The number of benzene rings is 2. The number of hydrogen-bond donors (Lipinski definition) is 1. The molecule has 4 aromatic rings. The molecule has 34 heavy (non-hydrogen) atoms. The van der Waals surface area contributed by atoms with Gasteiger partial charge < -0.3 is 10.1 Å². The number of nitrogens with one attached hydrogen (secondary N) is 1. The minimum Gasteiger partial charge on any atom is -0.487 e. The zero-order valence-corrected chi connectivity index (χ0v) is 19.0. The lowest BCUT2D eigenvalue weighted by molar-refractivity contribution is 0.0933. The van der Waals surface area contributed by atoms with E-state index in [2.05, 4.69) is 20.4 Å². The molecule has 1 aliphatic heterocycles. The summed E-state index contributed by atoms with van der Waals surface area (Å²) in [5, 5.41) is 7.13. The van der Waals surface area contributed by atoms with Crippen LogP contribution in [-0.4, -0.2) is 38.3 Å². The van der Waals surface area contributed by atoms with Crippen molar-refractivity contribution < 1.29 is 13.9 Å². The number of halogens is 1. The van der Waals surface area contributed by atoms with Crippen LogP contribution in [0.1, 0.15) is 32.9 Å². The highest BCUT2D eigenvalue weighted by Crippen LogP contribution is 2.40. The van der Waals surface area contributed by atoms with Gasteiger partial charge in [-0.1, -0.05) is 12.1 Å². The predicted molar refractivity (Wildman–Crippen MR) is 125 cm³/mol. The fourth-order valence-corrected chi connectivity index (χ4v) is 4.16. The van der Waals surface area contributed by atoms with Gasteiger partial charge in [-0.05, 0) is 49.7 Å². The Morgan fingerprint density at radius 1 is 1.24 bits per heavy atom. The van der Waals surface area contributed by atoms with Gasteiger partial charge in [0.15, 0.2) is 0 Å². The molecule has 2 aromatic heterocycles. The first-order chi connectivity index (χ1) is 16.5. The minimum absolute atomic E-state index is 0.206. The largest absolute Gasteiger partial charge is 0.487 e. The van der Waals surface area contributed by atoms with Crippen molar-refractivity contribution in [2.45, 2.75) is 32.9 Å².